The first kappa shape index (κ1) is 30.8. The highest BCUT2D eigenvalue weighted by molar-refractivity contribution is 5.82. The molecule has 4 aromatic carbocycles. The topological polar surface area (TPSA) is 77.3 Å². The van der Waals surface area contributed by atoms with Crippen LogP contribution >= 0.6 is 0 Å². The summed E-state index contributed by atoms with van der Waals surface area (Å²) in [6.45, 7) is 12.0. The summed E-state index contributed by atoms with van der Waals surface area (Å²) < 4.78 is 0. The van der Waals surface area contributed by atoms with Gasteiger partial charge < -0.3 is 0 Å². The molecule has 0 aliphatic rings. The minimum Gasteiger partial charge on any atom is -0.233 e. The third-order valence-corrected chi connectivity index (χ3v) is 8.31. The van der Waals surface area contributed by atoms with E-state index >= 15 is 0 Å². The maximum absolute atomic E-state index is 4.66. The molecule has 0 atom stereocenters. The summed E-state index contributed by atoms with van der Waals surface area (Å²) >= 11 is 0. The van der Waals surface area contributed by atoms with Gasteiger partial charge in [-0.05, 0) is 111 Å². The summed E-state index contributed by atoms with van der Waals surface area (Å²) in [6, 6.07) is 38.3. The molecule has 0 aliphatic carbocycles. The van der Waals surface area contributed by atoms with Crippen LogP contribution in [0.2, 0.25) is 0 Å². The van der Waals surface area contributed by atoms with E-state index in [4.69, 9.17) is 0 Å². The Labute approximate surface area is 281 Å². The maximum Gasteiger partial charge on any atom is 0.159 e. The van der Waals surface area contributed by atoms with Gasteiger partial charge in [0.2, 0.25) is 0 Å². The van der Waals surface area contributed by atoms with E-state index < -0.39 is 0 Å². The Morgan fingerprint density at radius 3 is 0.625 bits per heavy atom. The molecular weight excluding hydrogens is 589 g/mol. The molecule has 0 spiro atoms. The molecule has 3 heterocycles. The molecule has 0 saturated carbocycles. The van der Waals surface area contributed by atoms with E-state index in [9.17, 15) is 0 Å². The van der Waals surface area contributed by atoms with Crippen molar-refractivity contribution < 1.29 is 0 Å². The largest absolute Gasteiger partial charge is 0.233 e. The Morgan fingerprint density at radius 1 is 0.229 bits per heavy atom. The van der Waals surface area contributed by atoms with E-state index in [0.717, 1.165) is 102 Å². The van der Waals surface area contributed by atoms with Crippen molar-refractivity contribution in [2.24, 2.45) is 0 Å². The normalized spacial score (nSPS) is 11.1. The van der Waals surface area contributed by atoms with Crippen LogP contribution in [0, 0.1) is 41.5 Å². The summed E-state index contributed by atoms with van der Waals surface area (Å²) in [5, 5.41) is 0. The number of rotatable bonds is 6. The molecule has 48 heavy (non-hydrogen) atoms. The van der Waals surface area contributed by atoms with Gasteiger partial charge in [-0.1, -0.05) is 72.8 Å². The number of aromatic nitrogens is 6. The monoisotopic (exact) mass is 624 g/mol. The Hall–Kier alpha value is -5.88. The van der Waals surface area contributed by atoms with Crippen LogP contribution in [0.5, 0.6) is 0 Å². The molecule has 0 saturated heterocycles. The molecule has 3 aromatic heterocycles. The van der Waals surface area contributed by atoms with Gasteiger partial charge in [-0.15, -0.1) is 0 Å². The maximum atomic E-state index is 4.66. The minimum atomic E-state index is 0.745. The van der Waals surface area contributed by atoms with Gasteiger partial charge in [0.1, 0.15) is 0 Å². The summed E-state index contributed by atoms with van der Waals surface area (Å²) in [6.07, 6.45) is 0. The van der Waals surface area contributed by atoms with E-state index in [1.807, 2.05) is 59.7 Å². The standard InChI is InChI=1S/C42H36N6/c1-25-19-26(2)44-40(43-25)34-13-7-31(8-14-34)37-22-38(32-9-15-35(16-10-32)41-45-27(3)20-28(4)46-41)24-39(23-37)33-11-17-36(18-12-33)42-47-29(5)21-30(6)48-42/h7-24H,1-6H3. The third-order valence-electron chi connectivity index (χ3n) is 8.31. The number of aryl methyl sites for hydroxylation is 6. The van der Waals surface area contributed by atoms with Gasteiger partial charge in [0, 0.05) is 50.9 Å². The number of hydrogen-bond donors (Lipinski definition) is 0. The second kappa shape index (κ2) is 12.7. The molecule has 0 bridgehead atoms. The number of hydrogen-bond acceptors (Lipinski definition) is 6. The first-order valence-electron chi connectivity index (χ1n) is 16.1. The fraction of sp³-hybridized carbons (Fsp3) is 0.143. The van der Waals surface area contributed by atoms with Gasteiger partial charge in [0.05, 0.1) is 0 Å². The van der Waals surface area contributed by atoms with Crippen LogP contribution in [0.15, 0.2) is 109 Å². The molecule has 0 N–H and O–H groups in total. The van der Waals surface area contributed by atoms with E-state index in [-0.39, 0.29) is 0 Å². The second-order valence-electron chi connectivity index (χ2n) is 12.5. The zero-order valence-corrected chi connectivity index (χ0v) is 28.1. The van der Waals surface area contributed by atoms with Gasteiger partial charge >= 0.3 is 0 Å². The lowest BCUT2D eigenvalue weighted by atomic mass is 9.92. The van der Waals surface area contributed by atoms with Crippen molar-refractivity contribution in [3.8, 4) is 67.5 Å². The van der Waals surface area contributed by atoms with E-state index in [0.29, 0.717) is 0 Å². The summed E-state index contributed by atoms with van der Waals surface area (Å²) in [7, 11) is 0. The van der Waals surface area contributed by atoms with Crippen LogP contribution in [0.4, 0.5) is 0 Å². The van der Waals surface area contributed by atoms with Crippen molar-refractivity contribution in [2.75, 3.05) is 0 Å². The molecule has 0 unspecified atom stereocenters. The summed E-state index contributed by atoms with van der Waals surface area (Å²) in [5.41, 5.74) is 15.5. The Morgan fingerprint density at radius 2 is 0.417 bits per heavy atom. The molecular formula is C42H36N6. The zero-order chi connectivity index (χ0) is 33.4. The average Bonchev–Trinajstić information content (AvgIpc) is 3.07. The van der Waals surface area contributed by atoms with Crippen LogP contribution in [0.25, 0.3) is 67.5 Å². The van der Waals surface area contributed by atoms with Crippen LogP contribution in [-0.4, -0.2) is 29.9 Å². The van der Waals surface area contributed by atoms with Crippen molar-refractivity contribution in [2.45, 2.75) is 41.5 Å². The zero-order valence-electron chi connectivity index (χ0n) is 28.1. The minimum absolute atomic E-state index is 0.745. The molecule has 0 amide bonds. The lowest BCUT2D eigenvalue weighted by Crippen LogP contribution is -1.95. The Balaban J connectivity index is 1.29. The first-order valence-corrected chi connectivity index (χ1v) is 16.1. The molecule has 0 radical (unpaired) electrons. The molecule has 6 heteroatoms. The van der Waals surface area contributed by atoms with Crippen LogP contribution in [-0.2, 0) is 0 Å². The van der Waals surface area contributed by atoms with Crippen LogP contribution < -0.4 is 0 Å². The fourth-order valence-corrected chi connectivity index (χ4v) is 6.13. The summed E-state index contributed by atoms with van der Waals surface area (Å²) in [4.78, 5) is 28.0. The number of benzene rings is 4. The van der Waals surface area contributed by atoms with E-state index in [2.05, 4.69) is 121 Å². The van der Waals surface area contributed by atoms with Gasteiger partial charge in [-0.3, -0.25) is 0 Å². The van der Waals surface area contributed by atoms with Crippen molar-refractivity contribution in [3.05, 3.63) is 143 Å². The van der Waals surface area contributed by atoms with Crippen molar-refractivity contribution in [1.29, 1.82) is 0 Å². The van der Waals surface area contributed by atoms with Crippen LogP contribution in [0.3, 0.4) is 0 Å². The highest BCUT2D eigenvalue weighted by Crippen LogP contribution is 2.35. The highest BCUT2D eigenvalue weighted by atomic mass is 14.9. The molecule has 7 rings (SSSR count). The predicted octanol–water partition coefficient (Wildman–Crippen LogP) is 9.91. The Bertz CT molecular complexity index is 1940. The van der Waals surface area contributed by atoms with Crippen molar-refractivity contribution in [3.63, 3.8) is 0 Å². The Kier molecular flexibility index (Phi) is 8.15. The molecule has 0 aliphatic heterocycles. The van der Waals surface area contributed by atoms with E-state index in [1.54, 1.807) is 0 Å². The van der Waals surface area contributed by atoms with Crippen molar-refractivity contribution >= 4 is 0 Å². The summed E-state index contributed by atoms with van der Waals surface area (Å²) in [5.74, 6) is 2.23. The lowest BCUT2D eigenvalue weighted by molar-refractivity contribution is 1.06. The lowest BCUT2D eigenvalue weighted by Gasteiger charge is -2.13. The quantitative estimate of drug-likeness (QED) is 0.183. The van der Waals surface area contributed by atoms with Gasteiger partial charge in [0.25, 0.3) is 0 Å². The molecule has 7 aromatic rings. The van der Waals surface area contributed by atoms with Crippen LogP contribution in [0.1, 0.15) is 34.2 Å². The van der Waals surface area contributed by atoms with Gasteiger partial charge in [-0.2, -0.15) is 0 Å². The van der Waals surface area contributed by atoms with Crippen molar-refractivity contribution in [1.82, 2.24) is 29.9 Å². The van der Waals surface area contributed by atoms with Gasteiger partial charge in [-0.25, -0.2) is 29.9 Å². The van der Waals surface area contributed by atoms with E-state index in [1.165, 1.54) is 0 Å². The highest BCUT2D eigenvalue weighted by Gasteiger charge is 2.12. The van der Waals surface area contributed by atoms with Gasteiger partial charge in [0.15, 0.2) is 17.5 Å². The second-order valence-corrected chi connectivity index (χ2v) is 12.5. The molecule has 0 fully saturated rings. The molecule has 6 nitrogen and oxygen atoms in total. The first-order chi connectivity index (χ1) is 23.2. The fourth-order valence-electron chi connectivity index (χ4n) is 6.13. The predicted molar refractivity (Wildman–Crippen MR) is 194 cm³/mol. The number of nitrogens with zero attached hydrogens (tertiary/aromatic N) is 6. The molecule has 234 valence electrons. The smallest absolute Gasteiger partial charge is 0.159 e. The SMILES string of the molecule is Cc1cc(C)nc(-c2ccc(-c3cc(-c4ccc(-c5nc(C)cc(C)n5)cc4)cc(-c4ccc(-c5nc(C)cc(C)n5)cc4)c3)cc2)n1. The average molecular weight is 625 g/mol. The third kappa shape index (κ3) is 6.65.